The molecule has 0 bridgehead atoms. The molecule has 0 spiro atoms. The minimum Gasteiger partial charge on any atom is -0.477 e. The van der Waals surface area contributed by atoms with E-state index < -0.39 is 5.97 Å². The van der Waals surface area contributed by atoms with E-state index in [4.69, 9.17) is 5.11 Å². The molecule has 0 aromatic carbocycles. The number of nitrogens with one attached hydrogen (secondary N) is 1. The third kappa shape index (κ3) is 1.14. The first kappa shape index (κ1) is 7.72. The summed E-state index contributed by atoms with van der Waals surface area (Å²) in [6, 6.07) is 2.99. The second-order valence-corrected chi connectivity index (χ2v) is 2.69. The number of hydrogen-bond donors (Lipinski definition) is 2. The number of aromatic nitrogens is 1. The van der Waals surface area contributed by atoms with Crippen LogP contribution in [0.3, 0.4) is 0 Å². The van der Waals surface area contributed by atoms with E-state index in [-0.39, 0.29) is 17.3 Å². The molecule has 0 unspecified atom stereocenters. The molecule has 5 nitrogen and oxygen atoms in total. The topological polar surface area (TPSA) is 79.3 Å². The smallest absolute Gasteiger partial charge is 0.354 e. The maximum Gasteiger partial charge on any atom is 0.354 e. The highest BCUT2D eigenvalue weighted by molar-refractivity contribution is 5.97. The van der Waals surface area contributed by atoms with Crippen molar-refractivity contribution in [2.75, 3.05) is 0 Å². The largest absolute Gasteiger partial charge is 0.477 e. The molecule has 13 heavy (non-hydrogen) atoms. The molecule has 1 aliphatic heterocycles. The lowest BCUT2D eigenvalue weighted by Gasteiger charge is -1.96. The van der Waals surface area contributed by atoms with Crippen molar-refractivity contribution in [1.29, 1.82) is 0 Å². The Morgan fingerprint density at radius 3 is 3.00 bits per heavy atom. The fourth-order valence-electron chi connectivity index (χ4n) is 1.21. The van der Waals surface area contributed by atoms with Crippen LogP contribution in [0.4, 0.5) is 0 Å². The van der Waals surface area contributed by atoms with Gasteiger partial charge >= 0.3 is 5.97 Å². The van der Waals surface area contributed by atoms with Crippen LogP contribution in [0.5, 0.6) is 0 Å². The van der Waals surface area contributed by atoms with Crippen LogP contribution in [0.1, 0.15) is 26.5 Å². The van der Waals surface area contributed by atoms with E-state index in [9.17, 15) is 9.59 Å². The molecular formula is C8H6N2O3. The van der Waals surface area contributed by atoms with E-state index in [1.807, 2.05) is 0 Å². The zero-order chi connectivity index (χ0) is 9.42. The third-order valence-electron chi connectivity index (χ3n) is 1.85. The summed E-state index contributed by atoms with van der Waals surface area (Å²) in [5.74, 6) is -1.43. The molecule has 2 heterocycles. The molecule has 2 N–H and O–H groups in total. The number of pyridine rings is 1. The Kier molecular flexibility index (Phi) is 1.51. The Morgan fingerprint density at radius 1 is 1.54 bits per heavy atom. The van der Waals surface area contributed by atoms with Crippen molar-refractivity contribution in [3.8, 4) is 0 Å². The minimum absolute atomic E-state index is 0.101. The lowest BCUT2D eigenvalue weighted by molar-refractivity contribution is 0.0690. The summed E-state index contributed by atoms with van der Waals surface area (Å²) in [6.45, 7) is 0.432. The molecule has 66 valence electrons. The van der Waals surface area contributed by atoms with Crippen LogP contribution in [0, 0.1) is 0 Å². The molecule has 1 amide bonds. The number of nitrogens with zero attached hydrogens (tertiary/aromatic N) is 1. The van der Waals surface area contributed by atoms with Crippen molar-refractivity contribution < 1.29 is 14.7 Å². The lowest BCUT2D eigenvalue weighted by atomic mass is 10.2. The molecule has 1 aliphatic rings. The number of carboxylic acid groups (broad SMARTS) is 1. The van der Waals surface area contributed by atoms with Gasteiger partial charge in [0.1, 0.15) is 11.4 Å². The van der Waals surface area contributed by atoms with Gasteiger partial charge in [0.25, 0.3) is 5.91 Å². The normalized spacial score (nSPS) is 13.7. The summed E-state index contributed by atoms with van der Waals surface area (Å²) in [5, 5.41) is 11.2. The summed E-state index contributed by atoms with van der Waals surface area (Å²) in [7, 11) is 0. The molecule has 0 radical (unpaired) electrons. The van der Waals surface area contributed by atoms with Crippen LogP contribution in [-0.2, 0) is 6.54 Å². The molecule has 0 fully saturated rings. The summed E-state index contributed by atoms with van der Waals surface area (Å²) in [6.07, 6.45) is 0. The Hall–Kier alpha value is -1.91. The van der Waals surface area contributed by atoms with Crippen LogP contribution in [-0.4, -0.2) is 22.0 Å². The molecule has 1 aromatic rings. The fraction of sp³-hybridized carbons (Fsp3) is 0.125. The van der Waals surface area contributed by atoms with Gasteiger partial charge in [0, 0.05) is 12.1 Å². The van der Waals surface area contributed by atoms with Crippen molar-refractivity contribution in [1.82, 2.24) is 10.3 Å². The highest BCUT2D eigenvalue weighted by atomic mass is 16.4. The van der Waals surface area contributed by atoms with Gasteiger partial charge in [-0.1, -0.05) is 6.07 Å². The van der Waals surface area contributed by atoms with Crippen molar-refractivity contribution in [2.24, 2.45) is 0 Å². The summed E-state index contributed by atoms with van der Waals surface area (Å²) in [4.78, 5) is 25.3. The van der Waals surface area contributed by atoms with Crippen molar-refractivity contribution >= 4 is 11.9 Å². The SMILES string of the molecule is O=C(O)c1ccc2c(n1)C(=O)NC2. The first-order valence-corrected chi connectivity index (χ1v) is 3.70. The number of carbonyl (C=O) groups excluding carboxylic acids is 1. The first-order chi connectivity index (χ1) is 6.18. The monoisotopic (exact) mass is 178 g/mol. The molecule has 1 aromatic heterocycles. The Morgan fingerprint density at radius 2 is 2.31 bits per heavy atom. The first-order valence-electron chi connectivity index (χ1n) is 3.70. The Labute approximate surface area is 73.4 Å². The van der Waals surface area contributed by atoms with Crippen LogP contribution >= 0.6 is 0 Å². The number of amides is 1. The fourth-order valence-corrected chi connectivity index (χ4v) is 1.21. The summed E-state index contributed by atoms with van der Waals surface area (Å²) in [5.41, 5.74) is 0.866. The highest BCUT2D eigenvalue weighted by Gasteiger charge is 2.21. The number of aromatic carboxylic acids is 1. The molecule has 5 heteroatoms. The van der Waals surface area contributed by atoms with E-state index >= 15 is 0 Å². The average Bonchev–Trinajstić information content (AvgIpc) is 2.47. The number of carboxylic acids is 1. The van der Waals surface area contributed by atoms with Crippen LogP contribution in [0.2, 0.25) is 0 Å². The maximum absolute atomic E-state index is 11.1. The molecule has 0 atom stereocenters. The maximum atomic E-state index is 11.1. The quantitative estimate of drug-likeness (QED) is 0.635. The zero-order valence-corrected chi connectivity index (χ0v) is 6.57. The summed E-state index contributed by atoms with van der Waals surface area (Å²) >= 11 is 0. The van der Waals surface area contributed by atoms with Crippen molar-refractivity contribution in [3.05, 3.63) is 29.1 Å². The van der Waals surface area contributed by atoms with Gasteiger partial charge in [-0.05, 0) is 6.07 Å². The van der Waals surface area contributed by atoms with Crippen LogP contribution in [0.15, 0.2) is 12.1 Å². The van der Waals surface area contributed by atoms with Crippen LogP contribution in [0.25, 0.3) is 0 Å². The predicted octanol–water partition coefficient (Wildman–Crippen LogP) is 0.0232. The third-order valence-corrected chi connectivity index (χ3v) is 1.85. The van der Waals surface area contributed by atoms with Gasteiger partial charge in [0.15, 0.2) is 0 Å². The lowest BCUT2D eigenvalue weighted by Crippen LogP contribution is -2.14. The molecule has 0 saturated heterocycles. The highest BCUT2D eigenvalue weighted by Crippen LogP contribution is 2.13. The average molecular weight is 178 g/mol. The van der Waals surface area contributed by atoms with Gasteiger partial charge in [0.05, 0.1) is 0 Å². The van der Waals surface area contributed by atoms with Gasteiger partial charge in [-0.15, -0.1) is 0 Å². The van der Waals surface area contributed by atoms with Gasteiger partial charge < -0.3 is 10.4 Å². The van der Waals surface area contributed by atoms with Crippen molar-refractivity contribution in [2.45, 2.75) is 6.54 Å². The molecule has 0 aliphatic carbocycles. The van der Waals surface area contributed by atoms with Gasteiger partial charge in [0.2, 0.25) is 0 Å². The number of fused-ring (bicyclic) bond motifs is 1. The number of hydrogen-bond acceptors (Lipinski definition) is 3. The number of carbonyl (C=O) groups is 2. The minimum atomic E-state index is -1.12. The second kappa shape index (κ2) is 2.55. The number of rotatable bonds is 1. The van der Waals surface area contributed by atoms with E-state index in [1.165, 1.54) is 6.07 Å². The molecule has 2 rings (SSSR count). The summed E-state index contributed by atoms with van der Waals surface area (Å²) < 4.78 is 0. The predicted molar refractivity (Wildman–Crippen MR) is 42.4 cm³/mol. The van der Waals surface area contributed by atoms with Gasteiger partial charge in [-0.25, -0.2) is 9.78 Å². The van der Waals surface area contributed by atoms with Gasteiger partial charge in [-0.2, -0.15) is 0 Å². The second-order valence-electron chi connectivity index (χ2n) is 2.69. The zero-order valence-electron chi connectivity index (χ0n) is 6.57. The Balaban J connectivity index is 2.54. The van der Waals surface area contributed by atoms with Gasteiger partial charge in [-0.3, -0.25) is 4.79 Å². The van der Waals surface area contributed by atoms with E-state index in [0.29, 0.717) is 6.54 Å². The van der Waals surface area contributed by atoms with E-state index in [2.05, 4.69) is 10.3 Å². The Bertz CT molecular complexity index is 400. The van der Waals surface area contributed by atoms with Crippen molar-refractivity contribution in [3.63, 3.8) is 0 Å². The van der Waals surface area contributed by atoms with Crippen LogP contribution < -0.4 is 5.32 Å². The standard InChI is InChI=1S/C8H6N2O3/c11-7-6-4(3-9-7)1-2-5(10-6)8(12)13/h1-2H,3H2,(H,9,11)(H,12,13). The molecular weight excluding hydrogens is 172 g/mol. The van der Waals surface area contributed by atoms with E-state index in [0.717, 1.165) is 5.56 Å². The molecule has 0 saturated carbocycles. The van der Waals surface area contributed by atoms with E-state index in [1.54, 1.807) is 6.07 Å².